The lowest BCUT2D eigenvalue weighted by atomic mass is 10.2. The smallest absolute Gasteiger partial charge is 0.244 e. The molecule has 0 spiro atoms. The van der Waals surface area contributed by atoms with Gasteiger partial charge in [0.25, 0.3) is 0 Å². The van der Waals surface area contributed by atoms with E-state index in [1.165, 1.54) is 0 Å². The average Bonchev–Trinajstić information content (AvgIpc) is 2.88. The van der Waals surface area contributed by atoms with Crippen LogP contribution in [-0.2, 0) is 4.79 Å². The molecule has 1 atom stereocenters. The van der Waals surface area contributed by atoms with Crippen molar-refractivity contribution in [3.8, 4) is 0 Å². The normalized spacial score (nSPS) is 16.5. The van der Waals surface area contributed by atoms with E-state index in [2.05, 4.69) is 5.32 Å². The summed E-state index contributed by atoms with van der Waals surface area (Å²) in [6.45, 7) is 3.49. The highest BCUT2D eigenvalue weighted by atomic mass is 35.5. The molecule has 1 fully saturated rings. The van der Waals surface area contributed by atoms with Crippen LogP contribution in [0.1, 0.15) is 19.8 Å². The van der Waals surface area contributed by atoms with Gasteiger partial charge in [-0.05, 0) is 31.9 Å². The lowest BCUT2D eigenvalue weighted by molar-refractivity contribution is -0.130. The summed E-state index contributed by atoms with van der Waals surface area (Å²) in [4.78, 5) is 14.0. The molecular formula is C13H15Cl3N2O. The molecule has 1 amide bonds. The summed E-state index contributed by atoms with van der Waals surface area (Å²) in [7, 11) is 0. The fraction of sp³-hybridized carbons (Fsp3) is 0.462. The minimum absolute atomic E-state index is 0.0830. The molecule has 0 bridgehead atoms. The number of amides is 1. The van der Waals surface area contributed by atoms with Gasteiger partial charge in [-0.15, -0.1) is 0 Å². The maximum Gasteiger partial charge on any atom is 0.244 e. The predicted octanol–water partition coefficient (Wildman–Crippen LogP) is 4.07. The van der Waals surface area contributed by atoms with Crippen LogP contribution in [0.4, 0.5) is 5.69 Å². The molecule has 0 aromatic heterocycles. The van der Waals surface area contributed by atoms with Crippen molar-refractivity contribution >= 4 is 46.4 Å². The minimum atomic E-state index is -0.340. The van der Waals surface area contributed by atoms with E-state index >= 15 is 0 Å². The molecule has 1 aromatic rings. The second kappa shape index (κ2) is 6.21. The Morgan fingerprint density at radius 2 is 1.74 bits per heavy atom. The van der Waals surface area contributed by atoms with Gasteiger partial charge >= 0.3 is 0 Å². The highest BCUT2D eigenvalue weighted by Crippen LogP contribution is 2.32. The van der Waals surface area contributed by atoms with Gasteiger partial charge in [-0.3, -0.25) is 4.79 Å². The van der Waals surface area contributed by atoms with Gasteiger partial charge in [-0.25, -0.2) is 0 Å². The Hall–Kier alpha value is -0.640. The molecule has 19 heavy (non-hydrogen) atoms. The van der Waals surface area contributed by atoms with Gasteiger partial charge < -0.3 is 10.2 Å². The topological polar surface area (TPSA) is 32.3 Å². The van der Waals surface area contributed by atoms with E-state index < -0.39 is 0 Å². The zero-order valence-corrected chi connectivity index (χ0v) is 12.8. The van der Waals surface area contributed by atoms with E-state index in [-0.39, 0.29) is 11.9 Å². The first-order valence-electron chi connectivity index (χ1n) is 6.19. The Balaban J connectivity index is 2.08. The van der Waals surface area contributed by atoms with Crippen molar-refractivity contribution in [2.24, 2.45) is 0 Å². The number of nitrogens with zero attached hydrogens (tertiary/aromatic N) is 1. The van der Waals surface area contributed by atoms with Crippen molar-refractivity contribution in [1.29, 1.82) is 0 Å². The van der Waals surface area contributed by atoms with E-state index in [0.717, 1.165) is 25.9 Å². The first-order chi connectivity index (χ1) is 8.99. The molecule has 2 rings (SSSR count). The molecule has 1 N–H and O–H groups in total. The Morgan fingerprint density at radius 1 is 1.16 bits per heavy atom. The van der Waals surface area contributed by atoms with Crippen LogP contribution in [0.3, 0.4) is 0 Å². The molecular weight excluding hydrogens is 307 g/mol. The maximum absolute atomic E-state index is 12.2. The molecule has 0 saturated carbocycles. The number of benzene rings is 1. The number of nitrogens with one attached hydrogen (secondary N) is 1. The van der Waals surface area contributed by atoms with Crippen LogP contribution in [0.15, 0.2) is 12.1 Å². The lowest BCUT2D eigenvalue weighted by Crippen LogP contribution is -2.39. The Labute approximate surface area is 127 Å². The average molecular weight is 322 g/mol. The number of carbonyl (C=O) groups excluding carboxylic acids is 1. The third kappa shape index (κ3) is 3.47. The van der Waals surface area contributed by atoms with Gasteiger partial charge in [0.05, 0.1) is 20.8 Å². The molecule has 104 valence electrons. The molecule has 1 aliphatic rings. The number of hydrogen-bond donors (Lipinski definition) is 1. The van der Waals surface area contributed by atoms with Crippen LogP contribution in [0.25, 0.3) is 0 Å². The first kappa shape index (κ1) is 14.8. The van der Waals surface area contributed by atoms with E-state index in [4.69, 9.17) is 34.8 Å². The fourth-order valence-electron chi connectivity index (χ4n) is 2.14. The molecule has 0 radical (unpaired) electrons. The zero-order valence-electron chi connectivity index (χ0n) is 10.5. The van der Waals surface area contributed by atoms with Crippen LogP contribution >= 0.6 is 34.8 Å². The molecule has 1 heterocycles. The second-order valence-corrected chi connectivity index (χ2v) is 5.87. The third-order valence-electron chi connectivity index (χ3n) is 3.17. The van der Waals surface area contributed by atoms with Crippen molar-refractivity contribution in [3.05, 3.63) is 27.2 Å². The van der Waals surface area contributed by atoms with Crippen molar-refractivity contribution in [3.63, 3.8) is 0 Å². The molecule has 1 aromatic carbocycles. The number of likely N-dealkylation sites (tertiary alicyclic amines) is 1. The summed E-state index contributed by atoms with van der Waals surface area (Å²) in [5.74, 6) is 0.0830. The third-order valence-corrected chi connectivity index (χ3v) is 4.20. The Morgan fingerprint density at radius 3 is 2.37 bits per heavy atom. The number of rotatable bonds is 3. The Kier molecular flexibility index (Phi) is 4.82. The minimum Gasteiger partial charge on any atom is -0.373 e. The largest absolute Gasteiger partial charge is 0.373 e. The lowest BCUT2D eigenvalue weighted by Gasteiger charge is -2.22. The van der Waals surface area contributed by atoms with Crippen LogP contribution in [0.2, 0.25) is 15.1 Å². The van der Waals surface area contributed by atoms with Gasteiger partial charge in [0.2, 0.25) is 5.91 Å². The van der Waals surface area contributed by atoms with Gasteiger partial charge in [0.15, 0.2) is 0 Å². The molecule has 1 saturated heterocycles. The van der Waals surface area contributed by atoms with E-state index in [0.29, 0.717) is 20.8 Å². The molecule has 1 unspecified atom stereocenters. The first-order valence-corrected chi connectivity index (χ1v) is 7.32. The van der Waals surface area contributed by atoms with Crippen LogP contribution in [0.5, 0.6) is 0 Å². The van der Waals surface area contributed by atoms with Crippen molar-refractivity contribution in [1.82, 2.24) is 4.90 Å². The summed E-state index contributed by atoms with van der Waals surface area (Å²) >= 11 is 17.9. The number of anilines is 1. The standard InChI is InChI=1S/C13H15Cl3N2O/c1-8(13(19)18-4-2-3-5-18)17-12-7-10(15)9(14)6-11(12)16/h6-8,17H,2-5H2,1H3. The quantitative estimate of drug-likeness (QED) is 0.851. The molecule has 6 heteroatoms. The number of hydrogen-bond acceptors (Lipinski definition) is 2. The Bertz CT molecular complexity index is 487. The van der Waals surface area contributed by atoms with Crippen molar-refractivity contribution < 1.29 is 4.79 Å². The summed E-state index contributed by atoms with van der Waals surface area (Å²) in [6.07, 6.45) is 2.15. The van der Waals surface area contributed by atoms with Gasteiger partial charge in [-0.1, -0.05) is 34.8 Å². The van der Waals surface area contributed by atoms with Gasteiger partial charge in [0, 0.05) is 13.1 Å². The van der Waals surface area contributed by atoms with Crippen LogP contribution < -0.4 is 5.32 Å². The highest BCUT2D eigenvalue weighted by Gasteiger charge is 2.23. The summed E-state index contributed by atoms with van der Waals surface area (Å²) in [5, 5.41) is 4.35. The number of carbonyl (C=O) groups is 1. The summed E-state index contributed by atoms with van der Waals surface area (Å²) in [6, 6.07) is 2.87. The fourth-order valence-corrected chi connectivity index (χ4v) is 2.74. The number of halogens is 3. The van der Waals surface area contributed by atoms with E-state index in [1.54, 1.807) is 12.1 Å². The zero-order chi connectivity index (χ0) is 14.0. The van der Waals surface area contributed by atoms with E-state index in [1.807, 2.05) is 11.8 Å². The summed E-state index contributed by atoms with van der Waals surface area (Å²) in [5.41, 5.74) is 0.621. The van der Waals surface area contributed by atoms with Crippen LogP contribution in [0, 0.1) is 0 Å². The molecule has 3 nitrogen and oxygen atoms in total. The maximum atomic E-state index is 12.2. The van der Waals surface area contributed by atoms with Gasteiger partial charge in [0.1, 0.15) is 6.04 Å². The molecule has 0 aliphatic carbocycles. The van der Waals surface area contributed by atoms with Crippen LogP contribution in [-0.4, -0.2) is 29.9 Å². The SMILES string of the molecule is CC(Nc1cc(Cl)c(Cl)cc1Cl)C(=O)N1CCCC1. The molecule has 1 aliphatic heterocycles. The highest BCUT2D eigenvalue weighted by molar-refractivity contribution is 6.44. The van der Waals surface area contributed by atoms with Crippen molar-refractivity contribution in [2.75, 3.05) is 18.4 Å². The van der Waals surface area contributed by atoms with E-state index in [9.17, 15) is 4.79 Å². The summed E-state index contributed by atoms with van der Waals surface area (Å²) < 4.78 is 0. The van der Waals surface area contributed by atoms with Crippen molar-refractivity contribution in [2.45, 2.75) is 25.8 Å². The van der Waals surface area contributed by atoms with Gasteiger partial charge in [-0.2, -0.15) is 0 Å². The monoisotopic (exact) mass is 320 g/mol. The second-order valence-electron chi connectivity index (χ2n) is 4.64. The predicted molar refractivity (Wildman–Crippen MR) is 80.4 cm³/mol.